The van der Waals surface area contributed by atoms with E-state index in [1.54, 1.807) is 6.08 Å². The third kappa shape index (κ3) is 1.99. The van der Waals surface area contributed by atoms with Gasteiger partial charge in [-0.15, -0.1) is 0 Å². The van der Waals surface area contributed by atoms with Gasteiger partial charge in [-0.05, 0) is 69.3 Å². The van der Waals surface area contributed by atoms with Gasteiger partial charge >= 0.3 is 0 Å². The largest absolute Gasteiger partial charge is 0.508 e. The zero-order chi connectivity index (χ0) is 18.9. The van der Waals surface area contributed by atoms with E-state index in [4.69, 9.17) is 0 Å². The summed E-state index contributed by atoms with van der Waals surface area (Å²) in [7, 11) is 0. The van der Waals surface area contributed by atoms with Crippen molar-refractivity contribution >= 4 is 11.6 Å². The van der Waals surface area contributed by atoms with Gasteiger partial charge in [-0.1, -0.05) is 12.5 Å². The molecule has 0 aromatic rings. The molecule has 0 radical (unpaired) electrons. The predicted octanol–water partition coefficient (Wildman–Crippen LogP) is 2.47. The zero-order valence-corrected chi connectivity index (χ0v) is 15.5. The third-order valence-electron chi connectivity index (χ3n) is 8.46. The van der Waals surface area contributed by atoms with Crippen molar-refractivity contribution in [3.05, 3.63) is 23.5 Å². The smallest absolute Gasteiger partial charge is 0.190 e. The molecule has 3 N–H and O–H groups in total. The maximum absolute atomic E-state index is 12.9. The van der Waals surface area contributed by atoms with Crippen LogP contribution in [0.3, 0.4) is 0 Å². The Morgan fingerprint density at radius 2 is 1.85 bits per heavy atom. The van der Waals surface area contributed by atoms with E-state index in [2.05, 4.69) is 0 Å². The Labute approximate surface area is 153 Å². The number of ketones is 2. The summed E-state index contributed by atoms with van der Waals surface area (Å²) >= 11 is 0. The number of carbonyl (C=O) groups excluding carboxylic acids is 2. The Morgan fingerprint density at radius 3 is 2.54 bits per heavy atom. The molecular weight excluding hydrogens is 332 g/mol. The molecule has 0 spiro atoms. The maximum atomic E-state index is 12.9. The van der Waals surface area contributed by atoms with E-state index in [9.17, 15) is 24.9 Å². The van der Waals surface area contributed by atoms with Crippen LogP contribution in [0.15, 0.2) is 23.5 Å². The van der Waals surface area contributed by atoms with Crippen LogP contribution in [-0.4, -0.2) is 39.1 Å². The zero-order valence-electron chi connectivity index (χ0n) is 15.5. The van der Waals surface area contributed by atoms with Crippen LogP contribution in [0.1, 0.15) is 52.4 Å². The summed E-state index contributed by atoms with van der Waals surface area (Å²) in [6.07, 6.45) is 7.37. The molecule has 0 bridgehead atoms. The lowest BCUT2D eigenvalue weighted by atomic mass is 9.46. The van der Waals surface area contributed by atoms with E-state index >= 15 is 0 Å². The Hall–Kier alpha value is -1.46. The van der Waals surface area contributed by atoms with Gasteiger partial charge in [0.05, 0.1) is 5.41 Å². The monoisotopic (exact) mass is 360 g/mol. The minimum Gasteiger partial charge on any atom is -0.508 e. The second-order valence-corrected chi connectivity index (χ2v) is 9.16. The van der Waals surface area contributed by atoms with Crippen molar-refractivity contribution in [2.45, 2.75) is 58.0 Å². The number of rotatable bonds is 2. The molecule has 3 fully saturated rings. The van der Waals surface area contributed by atoms with Gasteiger partial charge in [-0.3, -0.25) is 9.59 Å². The standard InChI is InChI=1S/C21H28O5/c1-19-7-5-16-14(15(19)6-8-21(19,26)18(25)11-22)4-3-12-9-13(23)10-17(24)20(12,16)2/h9-10,14-16,22-23,26H,3-8,11H2,1-2H3. The second kappa shape index (κ2) is 5.52. The molecular formula is C21H28O5. The molecule has 26 heavy (non-hydrogen) atoms. The fraction of sp³-hybridized carbons (Fsp3) is 0.714. The molecule has 3 saturated carbocycles. The van der Waals surface area contributed by atoms with Crippen LogP contribution >= 0.6 is 0 Å². The number of hydrogen-bond donors (Lipinski definition) is 3. The van der Waals surface area contributed by atoms with E-state index in [1.165, 1.54) is 6.08 Å². The van der Waals surface area contributed by atoms with Crippen molar-refractivity contribution in [3.63, 3.8) is 0 Å². The van der Waals surface area contributed by atoms with Crippen molar-refractivity contribution in [1.82, 2.24) is 0 Å². The summed E-state index contributed by atoms with van der Waals surface area (Å²) in [4.78, 5) is 25.2. The molecule has 6 atom stereocenters. The van der Waals surface area contributed by atoms with Gasteiger partial charge in [0.25, 0.3) is 0 Å². The average molecular weight is 360 g/mol. The van der Waals surface area contributed by atoms with Gasteiger partial charge in [0.15, 0.2) is 11.6 Å². The highest BCUT2D eigenvalue weighted by Gasteiger charge is 2.66. The summed E-state index contributed by atoms with van der Waals surface area (Å²) in [5, 5.41) is 30.4. The van der Waals surface area contributed by atoms with Gasteiger partial charge in [-0.25, -0.2) is 0 Å². The van der Waals surface area contributed by atoms with E-state index in [1.807, 2.05) is 13.8 Å². The molecule has 5 nitrogen and oxygen atoms in total. The molecule has 0 aromatic heterocycles. The predicted molar refractivity (Wildman–Crippen MR) is 95.2 cm³/mol. The quantitative estimate of drug-likeness (QED) is 0.703. The van der Waals surface area contributed by atoms with Gasteiger partial charge < -0.3 is 15.3 Å². The lowest BCUT2D eigenvalue weighted by Crippen LogP contribution is -2.58. The van der Waals surface area contributed by atoms with Gasteiger partial charge in [-0.2, -0.15) is 0 Å². The van der Waals surface area contributed by atoms with Crippen LogP contribution in [0.25, 0.3) is 0 Å². The molecule has 4 rings (SSSR count). The van der Waals surface area contributed by atoms with Crippen LogP contribution in [0.4, 0.5) is 0 Å². The van der Waals surface area contributed by atoms with E-state index in [0.717, 1.165) is 31.3 Å². The Kier molecular flexibility index (Phi) is 3.81. The second-order valence-electron chi connectivity index (χ2n) is 9.16. The first-order valence-corrected chi connectivity index (χ1v) is 9.71. The van der Waals surface area contributed by atoms with Crippen LogP contribution in [0.5, 0.6) is 0 Å². The van der Waals surface area contributed by atoms with E-state index in [-0.39, 0.29) is 29.3 Å². The number of allylic oxidation sites excluding steroid dienone is 3. The molecule has 4 aliphatic carbocycles. The molecule has 0 heterocycles. The van der Waals surface area contributed by atoms with Crippen molar-refractivity contribution in [1.29, 1.82) is 0 Å². The lowest BCUT2D eigenvalue weighted by Gasteiger charge is -2.57. The number of Topliss-reactive ketones (excluding diaryl/α,β-unsaturated/α-hetero) is 1. The van der Waals surface area contributed by atoms with Crippen molar-refractivity contribution in [2.75, 3.05) is 6.61 Å². The van der Waals surface area contributed by atoms with E-state index < -0.39 is 28.8 Å². The van der Waals surface area contributed by atoms with Crippen molar-refractivity contribution in [3.8, 4) is 0 Å². The summed E-state index contributed by atoms with van der Waals surface area (Å²) < 4.78 is 0. The van der Waals surface area contributed by atoms with Crippen LogP contribution < -0.4 is 0 Å². The first-order chi connectivity index (χ1) is 12.2. The Morgan fingerprint density at radius 1 is 1.15 bits per heavy atom. The molecule has 0 saturated heterocycles. The number of carbonyl (C=O) groups is 2. The SMILES string of the molecule is CC12C(=O)C=C(O)C=C1CCC1C2CCC2(C)C1CCC2(O)C(=O)CO. The summed E-state index contributed by atoms with van der Waals surface area (Å²) in [6, 6.07) is 0. The minimum atomic E-state index is -1.46. The molecule has 0 aliphatic heterocycles. The summed E-state index contributed by atoms with van der Waals surface area (Å²) in [5.74, 6) is 0.173. The summed E-state index contributed by atoms with van der Waals surface area (Å²) in [5.41, 5.74) is -1.56. The highest BCUT2D eigenvalue weighted by molar-refractivity contribution is 5.99. The van der Waals surface area contributed by atoms with E-state index in [0.29, 0.717) is 12.8 Å². The molecule has 0 amide bonds. The minimum absolute atomic E-state index is 0.0227. The molecule has 6 unspecified atom stereocenters. The first kappa shape index (κ1) is 17.9. The summed E-state index contributed by atoms with van der Waals surface area (Å²) in [6.45, 7) is 3.38. The number of hydrogen-bond acceptors (Lipinski definition) is 5. The highest BCUT2D eigenvalue weighted by atomic mass is 16.3. The molecule has 142 valence electrons. The number of aliphatic hydroxyl groups is 3. The molecule has 4 aliphatic rings. The van der Waals surface area contributed by atoms with Crippen molar-refractivity contribution < 1.29 is 24.9 Å². The van der Waals surface area contributed by atoms with Gasteiger partial charge in [0.1, 0.15) is 18.0 Å². The average Bonchev–Trinajstić information content (AvgIpc) is 2.88. The lowest BCUT2D eigenvalue weighted by molar-refractivity contribution is -0.165. The fourth-order valence-corrected chi connectivity index (χ4v) is 6.90. The Balaban J connectivity index is 1.71. The molecule has 0 aromatic carbocycles. The van der Waals surface area contributed by atoms with Crippen LogP contribution in [-0.2, 0) is 9.59 Å². The number of fused-ring (bicyclic) bond motifs is 5. The topological polar surface area (TPSA) is 94.8 Å². The van der Waals surface area contributed by atoms with Gasteiger partial charge in [0, 0.05) is 11.5 Å². The fourth-order valence-electron chi connectivity index (χ4n) is 6.90. The highest BCUT2D eigenvalue weighted by Crippen LogP contribution is 2.67. The third-order valence-corrected chi connectivity index (χ3v) is 8.46. The first-order valence-electron chi connectivity index (χ1n) is 9.71. The maximum Gasteiger partial charge on any atom is 0.190 e. The Bertz CT molecular complexity index is 737. The normalized spacial score (nSPS) is 47.4. The number of aliphatic hydroxyl groups excluding tert-OH is 2. The van der Waals surface area contributed by atoms with Crippen molar-refractivity contribution in [2.24, 2.45) is 28.6 Å². The van der Waals surface area contributed by atoms with Gasteiger partial charge in [0.2, 0.25) is 0 Å². The molecule has 5 heteroatoms. The van der Waals surface area contributed by atoms with Crippen LogP contribution in [0.2, 0.25) is 0 Å². The van der Waals surface area contributed by atoms with Crippen LogP contribution in [0, 0.1) is 28.6 Å².